The van der Waals surface area contributed by atoms with Crippen LogP contribution in [-0.2, 0) is 4.79 Å². The zero-order valence-electron chi connectivity index (χ0n) is 16.0. The van der Waals surface area contributed by atoms with Gasteiger partial charge >= 0.3 is 0 Å². The van der Waals surface area contributed by atoms with Gasteiger partial charge in [0.05, 0.1) is 6.26 Å². The Kier molecular flexibility index (Phi) is 5.48. The molecule has 6 nitrogen and oxygen atoms in total. The minimum atomic E-state index is -0.417. The summed E-state index contributed by atoms with van der Waals surface area (Å²) in [7, 11) is 0. The Labute approximate surface area is 165 Å². The number of rotatable bonds is 4. The van der Waals surface area contributed by atoms with E-state index in [1.165, 1.54) is 11.8 Å². The van der Waals surface area contributed by atoms with E-state index >= 15 is 0 Å². The van der Waals surface area contributed by atoms with E-state index in [9.17, 15) is 9.59 Å². The van der Waals surface area contributed by atoms with E-state index in [0.717, 1.165) is 12.8 Å². The molecule has 0 bridgehead atoms. The van der Waals surface area contributed by atoms with E-state index in [-0.39, 0.29) is 23.7 Å². The van der Waals surface area contributed by atoms with Gasteiger partial charge in [0.1, 0.15) is 6.04 Å². The molecular weight excluding hydrogens is 354 g/mol. The lowest BCUT2D eigenvalue weighted by atomic mass is 9.89. The van der Waals surface area contributed by atoms with Crippen LogP contribution in [0.15, 0.2) is 53.1 Å². The Morgan fingerprint density at radius 2 is 1.89 bits per heavy atom. The number of carbonyl (C=O) groups is 2. The summed E-state index contributed by atoms with van der Waals surface area (Å²) < 4.78 is 5.28. The highest BCUT2D eigenvalue weighted by Gasteiger charge is 2.41. The summed E-state index contributed by atoms with van der Waals surface area (Å²) >= 11 is 0. The third-order valence-electron chi connectivity index (χ3n) is 6.06. The molecule has 0 saturated carbocycles. The van der Waals surface area contributed by atoms with Crippen molar-refractivity contribution < 1.29 is 14.0 Å². The molecule has 2 aliphatic rings. The predicted octanol–water partition coefficient (Wildman–Crippen LogP) is 2.48. The Morgan fingerprint density at radius 1 is 1.07 bits per heavy atom. The van der Waals surface area contributed by atoms with Crippen LogP contribution in [0.2, 0.25) is 0 Å². The first-order valence-corrected chi connectivity index (χ1v) is 10.1. The van der Waals surface area contributed by atoms with Crippen molar-refractivity contribution in [2.45, 2.75) is 31.2 Å². The standard InChI is InChI=1S/C22H27N3O3/c23-13-17-14-24(15-18(17)16-7-2-1-3-8-16)21(26)19-9-4-5-11-25(19)22(27)20-10-6-12-28-20/h1-3,6-8,10,12,17-19H,4-5,9,11,13-15,23H2/t17-,18+,19?/m1/s1. The highest BCUT2D eigenvalue weighted by Crippen LogP contribution is 2.33. The predicted molar refractivity (Wildman–Crippen MR) is 106 cm³/mol. The van der Waals surface area contributed by atoms with Gasteiger partial charge in [0.2, 0.25) is 5.91 Å². The van der Waals surface area contributed by atoms with Gasteiger partial charge in [-0.1, -0.05) is 30.3 Å². The van der Waals surface area contributed by atoms with Gasteiger partial charge in [0, 0.05) is 25.6 Å². The molecule has 2 saturated heterocycles. The van der Waals surface area contributed by atoms with Gasteiger partial charge in [-0.3, -0.25) is 9.59 Å². The van der Waals surface area contributed by atoms with Crippen molar-refractivity contribution >= 4 is 11.8 Å². The smallest absolute Gasteiger partial charge is 0.290 e. The molecule has 2 aliphatic heterocycles. The molecule has 2 fully saturated rings. The van der Waals surface area contributed by atoms with Gasteiger partial charge in [-0.2, -0.15) is 0 Å². The van der Waals surface area contributed by atoms with Gasteiger partial charge in [-0.05, 0) is 49.4 Å². The first kappa shape index (κ1) is 18.7. The first-order chi connectivity index (χ1) is 13.7. The van der Waals surface area contributed by atoms with Crippen LogP contribution in [-0.4, -0.2) is 53.8 Å². The number of benzene rings is 1. The molecular formula is C22H27N3O3. The molecule has 1 unspecified atom stereocenters. The largest absolute Gasteiger partial charge is 0.459 e. The summed E-state index contributed by atoms with van der Waals surface area (Å²) in [6, 6.07) is 13.2. The average molecular weight is 381 g/mol. The minimum absolute atomic E-state index is 0.0384. The fourth-order valence-electron chi connectivity index (χ4n) is 4.55. The van der Waals surface area contributed by atoms with Crippen LogP contribution in [0.5, 0.6) is 0 Å². The van der Waals surface area contributed by atoms with Crippen LogP contribution >= 0.6 is 0 Å². The molecule has 3 heterocycles. The van der Waals surface area contributed by atoms with Gasteiger partial charge in [-0.25, -0.2) is 0 Å². The fraction of sp³-hybridized carbons (Fsp3) is 0.455. The second-order valence-corrected chi connectivity index (χ2v) is 7.74. The number of nitrogens with two attached hydrogens (primary N) is 1. The molecule has 1 aromatic heterocycles. The Morgan fingerprint density at radius 3 is 2.61 bits per heavy atom. The summed E-state index contributed by atoms with van der Waals surface area (Å²) in [6.45, 7) is 2.44. The Hall–Kier alpha value is -2.60. The second-order valence-electron chi connectivity index (χ2n) is 7.74. The number of nitrogens with zero attached hydrogens (tertiary/aromatic N) is 2. The van der Waals surface area contributed by atoms with Crippen LogP contribution in [0.25, 0.3) is 0 Å². The van der Waals surface area contributed by atoms with Gasteiger partial charge in [-0.15, -0.1) is 0 Å². The number of likely N-dealkylation sites (tertiary alicyclic amines) is 2. The lowest BCUT2D eigenvalue weighted by Crippen LogP contribution is -2.52. The highest BCUT2D eigenvalue weighted by atomic mass is 16.3. The zero-order valence-corrected chi connectivity index (χ0v) is 16.0. The lowest BCUT2D eigenvalue weighted by Gasteiger charge is -2.36. The maximum Gasteiger partial charge on any atom is 0.290 e. The monoisotopic (exact) mass is 381 g/mol. The average Bonchev–Trinajstić information content (AvgIpc) is 3.43. The van der Waals surface area contributed by atoms with E-state index < -0.39 is 6.04 Å². The van der Waals surface area contributed by atoms with Crippen molar-refractivity contribution in [1.82, 2.24) is 9.80 Å². The topological polar surface area (TPSA) is 79.8 Å². The maximum absolute atomic E-state index is 13.4. The summed E-state index contributed by atoms with van der Waals surface area (Å²) in [5.74, 6) is 0.619. The highest BCUT2D eigenvalue weighted by molar-refractivity contribution is 5.95. The van der Waals surface area contributed by atoms with Crippen LogP contribution in [0, 0.1) is 5.92 Å². The first-order valence-electron chi connectivity index (χ1n) is 10.1. The molecule has 0 aliphatic carbocycles. The Balaban J connectivity index is 1.52. The van der Waals surface area contributed by atoms with Crippen molar-refractivity contribution in [3.05, 3.63) is 60.1 Å². The quantitative estimate of drug-likeness (QED) is 0.882. The van der Waals surface area contributed by atoms with E-state index in [1.54, 1.807) is 17.0 Å². The molecule has 2 aromatic rings. The summed E-state index contributed by atoms with van der Waals surface area (Å²) in [5, 5.41) is 0. The summed E-state index contributed by atoms with van der Waals surface area (Å²) in [4.78, 5) is 29.8. The second kappa shape index (κ2) is 8.19. The van der Waals surface area contributed by atoms with Gasteiger partial charge in [0.15, 0.2) is 5.76 Å². The summed E-state index contributed by atoms with van der Waals surface area (Å²) in [6.07, 6.45) is 4.05. The zero-order chi connectivity index (χ0) is 19.5. The maximum atomic E-state index is 13.4. The van der Waals surface area contributed by atoms with Crippen molar-refractivity contribution in [2.75, 3.05) is 26.2 Å². The van der Waals surface area contributed by atoms with Gasteiger partial charge < -0.3 is 20.0 Å². The van der Waals surface area contributed by atoms with E-state index in [4.69, 9.17) is 10.2 Å². The number of piperidine rings is 1. The molecule has 2 N–H and O–H groups in total. The van der Waals surface area contributed by atoms with Crippen LogP contribution < -0.4 is 5.73 Å². The van der Waals surface area contributed by atoms with E-state index in [0.29, 0.717) is 38.4 Å². The SMILES string of the molecule is NC[C@@H]1CN(C(=O)C2CCCCN2C(=O)c2ccco2)C[C@H]1c1ccccc1. The molecule has 1 aromatic carbocycles. The number of hydrogen-bond acceptors (Lipinski definition) is 4. The molecule has 6 heteroatoms. The van der Waals surface area contributed by atoms with Crippen molar-refractivity contribution in [1.29, 1.82) is 0 Å². The number of hydrogen-bond donors (Lipinski definition) is 1. The Bertz CT molecular complexity index is 806. The molecule has 148 valence electrons. The lowest BCUT2D eigenvalue weighted by molar-refractivity contribution is -0.136. The molecule has 3 atom stereocenters. The number of carbonyl (C=O) groups excluding carboxylic acids is 2. The summed E-state index contributed by atoms with van der Waals surface area (Å²) in [5.41, 5.74) is 7.25. The molecule has 2 amide bonds. The molecule has 28 heavy (non-hydrogen) atoms. The van der Waals surface area contributed by atoms with Crippen LogP contribution in [0.1, 0.15) is 41.3 Å². The fourth-order valence-corrected chi connectivity index (χ4v) is 4.55. The number of furan rings is 1. The van der Waals surface area contributed by atoms with Crippen LogP contribution in [0.3, 0.4) is 0 Å². The third kappa shape index (κ3) is 3.56. The molecule has 4 rings (SSSR count). The molecule has 0 radical (unpaired) electrons. The third-order valence-corrected chi connectivity index (χ3v) is 6.06. The van der Waals surface area contributed by atoms with Crippen molar-refractivity contribution in [3.8, 4) is 0 Å². The van der Waals surface area contributed by atoms with Crippen LogP contribution in [0.4, 0.5) is 0 Å². The van der Waals surface area contributed by atoms with Gasteiger partial charge in [0.25, 0.3) is 5.91 Å². The normalized spacial score (nSPS) is 25.1. The van der Waals surface area contributed by atoms with E-state index in [2.05, 4.69) is 12.1 Å². The van der Waals surface area contributed by atoms with Crippen molar-refractivity contribution in [3.63, 3.8) is 0 Å². The minimum Gasteiger partial charge on any atom is -0.459 e. The number of amides is 2. The van der Waals surface area contributed by atoms with Crippen molar-refractivity contribution in [2.24, 2.45) is 11.7 Å². The van der Waals surface area contributed by atoms with E-state index in [1.807, 2.05) is 23.1 Å². The molecule has 0 spiro atoms.